The van der Waals surface area contributed by atoms with Crippen molar-refractivity contribution in [1.82, 2.24) is 14.5 Å². The number of aryl methyl sites for hydroxylation is 1. The number of thiophene rings is 1. The number of ether oxygens (including phenoxy) is 1. The predicted octanol–water partition coefficient (Wildman–Crippen LogP) is 2.93. The summed E-state index contributed by atoms with van der Waals surface area (Å²) in [5.74, 6) is 0.811. The summed E-state index contributed by atoms with van der Waals surface area (Å²) >= 11 is 1.70. The van der Waals surface area contributed by atoms with E-state index in [1.165, 1.54) is 10.4 Å². The molecular formula is C21H27N3O3S. The van der Waals surface area contributed by atoms with Crippen LogP contribution >= 0.6 is 11.3 Å². The van der Waals surface area contributed by atoms with Crippen molar-refractivity contribution in [3.63, 3.8) is 0 Å². The lowest BCUT2D eigenvalue weighted by atomic mass is 9.89. The van der Waals surface area contributed by atoms with Crippen molar-refractivity contribution < 1.29 is 9.53 Å². The van der Waals surface area contributed by atoms with Crippen LogP contribution in [0.25, 0.3) is 10.2 Å². The van der Waals surface area contributed by atoms with E-state index in [0.717, 1.165) is 55.2 Å². The standard InChI is InChI=1S/C21H27N3O3S/c1-13-4-5-15-17(11-13)28-19-18(15)21(26)24(12-22-19)14-6-8-23(9-7-14)20(25)16-3-2-10-27-16/h12-14,16H,2-11H2,1H3/t13-,16+/m0/s1. The second-order valence-corrected chi connectivity index (χ2v) is 9.63. The lowest BCUT2D eigenvalue weighted by Gasteiger charge is -2.34. The number of hydrogen-bond acceptors (Lipinski definition) is 5. The van der Waals surface area contributed by atoms with Gasteiger partial charge in [0.05, 0.1) is 11.7 Å². The molecule has 5 rings (SSSR count). The molecule has 0 radical (unpaired) electrons. The number of carbonyl (C=O) groups is 1. The average molecular weight is 402 g/mol. The number of hydrogen-bond donors (Lipinski definition) is 0. The number of likely N-dealkylation sites (tertiary alicyclic amines) is 1. The van der Waals surface area contributed by atoms with Gasteiger partial charge in [-0.2, -0.15) is 0 Å². The highest BCUT2D eigenvalue weighted by atomic mass is 32.1. The van der Waals surface area contributed by atoms with Crippen molar-refractivity contribution in [3.8, 4) is 0 Å². The molecule has 0 aromatic carbocycles. The zero-order valence-corrected chi connectivity index (χ0v) is 17.2. The third-order valence-corrected chi connectivity index (χ3v) is 7.78. The van der Waals surface area contributed by atoms with Crippen LogP contribution in [0.2, 0.25) is 0 Å². The minimum Gasteiger partial charge on any atom is -0.368 e. The van der Waals surface area contributed by atoms with Crippen LogP contribution in [-0.2, 0) is 22.4 Å². The molecule has 28 heavy (non-hydrogen) atoms. The van der Waals surface area contributed by atoms with Crippen molar-refractivity contribution in [1.29, 1.82) is 0 Å². The van der Waals surface area contributed by atoms with Gasteiger partial charge in [-0.3, -0.25) is 14.2 Å². The Hall–Kier alpha value is -1.73. The van der Waals surface area contributed by atoms with Crippen LogP contribution in [0.5, 0.6) is 0 Å². The van der Waals surface area contributed by atoms with Crippen molar-refractivity contribution in [2.45, 2.75) is 64.0 Å². The maximum Gasteiger partial charge on any atom is 0.262 e. The number of carbonyl (C=O) groups excluding carboxylic acids is 1. The number of fused-ring (bicyclic) bond motifs is 3. The highest BCUT2D eigenvalue weighted by molar-refractivity contribution is 7.18. The lowest BCUT2D eigenvalue weighted by molar-refractivity contribution is -0.142. The Morgan fingerprint density at radius 3 is 2.82 bits per heavy atom. The molecule has 2 aliphatic heterocycles. The van der Waals surface area contributed by atoms with Crippen LogP contribution in [-0.4, -0.2) is 46.2 Å². The smallest absolute Gasteiger partial charge is 0.262 e. The van der Waals surface area contributed by atoms with Crippen LogP contribution in [0.3, 0.4) is 0 Å². The molecule has 6 nitrogen and oxygen atoms in total. The molecule has 3 aliphatic rings. The summed E-state index contributed by atoms with van der Waals surface area (Å²) in [6.07, 6.45) is 8.10. The van der Waals surface area contributed by atoms with Crippen molar-refractivity contribution in [2.24, 2.45) is 5.92 Å². The molecule has 0 saturated carbocycles. The van der Waals surface area contributed by atoms with E-state index in [2.05, 4.69) is 11.9 Å². The fraction of sp³-hybridized carbons (Fsp3) is 0.667. The van der Waals surface area contributed by atoms with Gasteiger partial charge in [0.2, 0.25) is 0 Å². The van der Waals surface area contributed by atoms with E-state index in [-0.39, 0.29) is 23.6 Å². The monoisotopic (exact) mass is 401 g/mol. The third-order valence-electron chi connectivity index (χ3n) is 6.62. The molecule has 2 atom stereocenters. The Kier molecular flexibility index (Phi) is 4.75. The van der Waals surface area contributed by atoms with Crippen molar-refractivity contribution in [3.05, 3.63) is 27.1 Å². The Morgan fingerprint density at radius 1 is 1.25 bits per heavy atom. The summed E-state index contributed by atoms with van der Waals surface area (Å²) in [5, 5.41) is 0.854. The van der Waals surface area contributed by atoms with Crippen LogP contribution < -0.4 is 5.56 Å². The Labute approximate surface area is 168 Å². The van der Waals surface area contributed by atoms with E-state index in [0.29, 0.717) is 25.6 Å². The molecule has 2 fully saturated rings. The fourth-order valence-corrected chi connectivity index (χ4v) is 6.29. The van der Waals surface area contributed by atoms with Gasteiger partial charge in [-0.1, -0.05) is 6.92 Å². The Morgan fingerprint density at radius 2 is 2.07 bits per heavy atom. The highest BCUT2D eigenvalue weighted by Gasteiger charge is 2.32. The van der Waals surface area contributed by atoms with Crippen LogP contribution in [0.1, 0.15) is 55.5 Å². The molecule has 7 heteroatoms. The predicted molar refractivity (Wildman–Crippen MR) is 109 cm³/mol. The molecule has 0 unspecified atom stereocenters. The average Bonchev–Trinajstić information content (AvgIpc) is 3.35. The molecule has 150 valence electrons. The Balaban J connectivity index is 1.36. The van der Waals surface area contributed by atoms with E-state index in [9.17, 15) is 9.59 Å². The number of nitrogens with zero attached hydrogens (tertiary/aromatic N) is 3. The topological polar surface area (TPSA) is 64.4 Å². The first-order chi connectivity index (χ1) is 13.6. The number of aromatic nitrogens is 2. The van der Waals surface area contributed by atoms with Crippen molar-refractivity contribution >= 4 is 27.5 Å². The molecule has 2 aromatic heterocycles. The van der Waals surface area contributed by atoms with Gasteiger partial charge >= 0.3 is 0 Å². The van der Waals surface area contributed by atoms with E-state index in [1.807, 2.05) is 9.47 Å². The molecule has 4 heterocycles. The van der Waals surface area contributed by atoms with Crippen LogP contribution in [0, 0.1) is 5.92 Å². The minimum atomic E-state index is -0.253. The highest BCUT2D eigenvalue weighted by Crippen LogP contribution is 2.36. The number of rotatable bonds is 2. The first-order valence-corrected chi connectivity index (χ1v) is 11.3. The van der Waals surface area contributed by atoms with E-state index in [1.54, 1.807) is 17.7 Å². The summed E-state index contributed by atoms with van der Waals surface area (Å²) in [7, 11) is 0. The summed E-state index contributed by atoms with van der Waals surface area (Å²) in [4.78, 5) is 34.7. The molecule has 1 aliphatic carbocycles. The van der Waals surface area contributed by atoms with E-state index in [4.69, 9.17) is 4.74 Å². The summed E-state index contributed by atoms with van der Waals surface area (Å²) in [6.45, 7) is 4.35. The summed E-state index contributed by atoms with van der Waals surface area (Å²) in [5.41, 5.74) is 1.36. The first-order valence-electron chi connectivity index (χ1n) is 10.5. The van der Waals surface area contributed by atoms with Gasteiger partial charge in [0.1, 0.15) is 10.9 Å². The summed E-state index contributed by atoms with van der Waals surface area (Å²) < 4.78 is 7.38. The lowest BCUT2D eigenvalue weighted by Crippen LogP contribution is -2.45. The van der Waals surface area contributed by atoms with E-state index >= 15 is 0 Å². The molecule has 1 amide bonds. The zero-order valence-electron chi connectivity index (χ0n) is 16.4. The number of amides is 1. The third kappa shape index (κ3) is 3.08. The minimum absolute atomic E-state index is 0.112. The normalized spacial score (nSPS) is 26.0. The molecular weight excluding hydrogens is 374 g/mol. The van der Waals surface area contributed by atoms with Crippen LogP contribution in [0.4, 0.5) is 0 Å². The van der Waals surface area contributed by atoms with E-state index < -0.39 is 0 Å². The van der Waals surface area contributed by atoms with Crippen molar-refractivity contribution in [2.75, 3.05) is 19.7 Å². The van der Waals surface area contributed by atoms with Gasteiger partial charge in [-0.05, 0) is 56.4 Å². The Bertz CT molecular complexity index is 952. The number of piperidine rings is 1. The molecule has 0 spiro atoms. The van der Waals surface area contributed by atoms with Gasteiger partial charge in [-0.25, -0.2) is 4.98 Å². The second kappa shape index (κ2) is 7.26. The fourth-order valence-electron chi connectivity index (χ4n) is 4.94. The maximum atomic E-state index is 13.3. The molecule has 2 saturated heterocycles. The van der Waals surface area contributed by atoms with Gasteiger partial charge in [0, 0.05) is 30.6 Å². The molecule has 0 N–H and O–H groups in total. The first kappa shape index (κ1) is 18.3. The van der Waals surface area contributed by atoms with Gasteiger partial charge in [0.15, 0.2) is 0 Å². The van der Waals surface area contributed by atoms with Gasteiger partial charge in [0.25, 0.3) is 11.5 Å². The van der Waals surface area contributed by atoms with Gasteiger partial charge in [-0.15, -0.1) is 11.3 Å². The largest absolute Gasteiger partial charge is 0.368 e. The zero-order chi connectivity index (χ0) is 19.3. The molecule has 2 aromatic rings. The SMILES string of the molecule is C[C@H]1CCc2c(sc3ncn(C4CCN(C(=O)[C@H]5CCCO5)CC4)c(=O)c23)C1. The maximum absolute atomic E-state index is 13.3. The quantitative estimate of drug-likeness (QED) is 0.776. The van der Waals surface area contributed by atoms with Gasteiger partial charge < -0.3 is 9.64 Å². The molecule has 0 bridgehead atoms. The van der Waals surface area contributed by atoms with Crippen LogP contribution in [0.15, 0.2) is 11.1 Å². The second-order valence-electron chi connectivity index (χ2n) is 8.55. The summed E-state index contributed by atoms with van der Waals surface area (Å²) in [6, 6.07) is 0.121.